The average molecular weight is 919 g/mol. The van der Waals surface area contributed by atoms with E-state index in [4.69, 9.17) is 10.2 Å². The van der Waals surface area contributed by atoms with Crippen molar-refractivity contribution in [1.29, 1.82) is 0 Å². The van der Waals surface area contributed by atoms with E-state index in [0.29, 0.717) is 0 Å². The Labute approximate surface area is 392 Å². The molecule has 0 aromatic heterocycles. The fourth-order valence-corrected chi connectivity index (χ4v) is 9.69. The molecule has 4 rings (SSSR count). The van der Waals surface area contributed by atoms with Crippen molar-refractivity contribution < 1.29 is 48.6 Å². The van der Waals surface area contributed by atoms with Gasteiger partial charge in [-0.05, 0) is 135 Å². The molecule has 4 aromatic carbocycles. The monoisotopic (exact) mass is 918 g/mol. The third-order valence-electron chi connectivity index (χ3n) is 10.4. The van der Waals surface area contributed by atoms with Crippen LogP contribution in [0.4, 0.5) is 0 Å². The van der Waals surface area contributed by atoms with E-state index in [-0.39, 0.29) is 22.3 Å². The van der Waals surface area contributed by atoms with E-state index >= 15 is 0 Å². The van der Waals surface area contributed by atoms with E-state index in [1.54, 1.807) is 48.5 Å². The molecule has 10 nitrogen and oxygen atoms in total. The predicted molar refractivity (Wildman–Crippen MR) is 258 cm³/mol. The van der Waals surface area contributed by atoms with Gasteiger partial charge in [0.25, 0.3) is 0 Å². The lowest BCUT2D eigenvalue weighted by molar-refractivity contribution is -0.928. The number of benzene rings is 4. The van der Waals surface area contributed by atoms with Crippen LogP contribution in [0.2, 0.25) is 0 Å². The maximum atomic E-state index is 10.7. The van der Waals surface area contributed by atoms with Crippen molar-refractivity contribution in [1.82, 2.24) is 0 Å². The molecule has 0 amide bonds. The largest absolute Gasteiger partial charge is 0.545 e. The first-order valence-electron chi connectivity index (χ1n) is 23.0. The number of nitrogens with zero attached hydrogens (tertiary/aromatic N) is 2. The van der Waals surface area contributed by atoms with Gasteiger partial charge in [0.05, 0.1) is 75.4 Å². The van der Waals surface area contributed by atoms with Crippen LogP contribution in [0.1, 0.15) is 148 Å². The Bertz CT molecular complexity index is 1610. The van der Waals surface area contributed by atoms with Gasteiger partial charge in [-0.3, -0.25) is 0 Å². The third kappa shape index (κ3) is 21.8. The summed E-state index contributed by atoms with van der Waals surface area (Å²) in [5, 5.41) is 38.8. The van der Waals surface area contributed by atoms with Crippen molar-refractivity contribution in [3.63, 3.8) is 0 Å². The zero-order valence-electron chi connectivity index (χ0n) is 39.6. The van der Waals surface area contributed by atoms with Crippen LogP contribution in [-0.2, 0) is 0 Å². The summed E-state index contributed by atoms with van der Waals surface area (Å²) < 4.78 is 2.75. The molecule has 0 heterocycles. The van der Waals surface area contributed by atoms with Crippen molar-refractivity contribution in [3.05, 3.63) is 119 Å². The highest BCUT2D eigenvalue weighted by Gasteiger charge is 2.23. The van der Waals surface area contributed by atoms with Crippen LogP contribution >= 0.6 is 23.5 Å². The van der Waals surface area contributed by atoms with Crippen molar-refractivity contribution in [2.45, 2.75) is 126 Å². The van der Waals surface area contributed by atoms with Crippen LogP contribution in [0.15, 0.2) is 117 Å². The highest BCUT2D eigenvalue weighted by atomic mass is 32.2. The number of aromatic carboxylic acids is 4. The Morgan fingerprint density at radius 1 is 0.359 bits per heavy atom. The molecule has 0 fully saturated rings. The van der Waals surface area contributed by atoms with Gasteiger partial charge in [0.15, 0.2) is 0 Å². The molecule has 0 aliphatic rings. The van der Waals surface area contributed by atoms with Gasteiger partial charge in [0.1, 0.15) is 0 Å². The maximum absolute atomic E-state index is 10.7. The normalized spacial score (nSPS) is 10.9. The Balaban J connectivity index is 0.000000435. The lowest BCUT2D eigenvalue weighted by Gasteiger charge is -2.38. The number of hydrogen-bond acceptors (Lipinski definition) is 8. The van der Waals surface area contributed by atoms with Gasteiger partial charge in [-0.15, -0.1) is 0 Å². The molecule has 0 saturated heterocycles. The first-order valence-corrected chi connectivity index (χ1v) is 24.6. The molecule has 0 unspecified atom stereocenters. The molecule has 0 spiro atoms. The molecule has 4 aromatic rings. The van der Waals surface area contributed by atoms with E-state index in [2.05, 4.69) is 55.4 Å². The average Bonchev–Trinajstić information content (AvgIpc) is 3.26. The van der Waals surface area contributed by atoms with Crippen LogP contribution in [0, 0.1) is 0 Å². The summed E-state index contributed by atoms with van der Waals surface area (Å²) in [6.45, 7) is 29.6. The minimum absolute atomic E-state index is 0.122. The van der Waals surface area contributed by atoms with Crippen LogP contribution in [-0.4, -0.2) is 95.4 Å². The summed E-state index contributed by atoms with van der Waals surface area (Å²) in [6, 6.07) is 25.6. The Kier molecular flexibility index (Phi) is 28.8. The topological polar surface area (TPSA) is 155 Å². The zero-order chi connectivity index (χ0) is 48.0. The van der Waals surface area contributed by atoms with Crippen molar-refractivity contribution in [3.8, 4) is 0 Å². The van der Waals surface area contributed by atoms with Crippen LogP contribution < -0.4 is 10.2 Å². The van der Waals surface area contributed by atoms with E-state index in [1.807, 2.05) is 0 Å². The molecular weight excluding hydrogens is 845 g/mol. The fraction of sp³-hybridized carbons (Fsp3) is 0.462. The molecule has 0 bridgehead atoms. The van der Waals surface area contributed by atoms with Gasteiger partial charge in [-0.1, -0.05) is 103 Å². The van der Waals surface area contributed by atoms with Crippen molar-refractivity contribution in [2.75, 3.05) is 52.4 Å². The number of rotatable bonds is 24. The second-order valence-electron chi connectivity index (χ2n) is 16.0. The molecule has 0 radical (unpaired) electrons. The smallest absolute Gasteiger partial charge is 0.335 e. The number of quaternary nitrogens is 2. The molecule has 64 heavy (non-hydrogen) atoms. The van der Waals surface area contributed by atoms with Gasteiger partial charge < -0.3 is 39.0 Å². The van der Waals surface area contributed by atoms with Crippen LogP contribution in [0.3, 0.4) is 0 Å². The SMILES string of the molecule is CCC[N+](CCC)(CCC)CCC.CCC[N+](CCC)(CCC)CCC.O=C(O)c1ccc(Sc2ccc(C(=O)O)cc2)cc1.O=C([O-])c1ccc(Sc2ccc(C(=O)[O-])cc2)cc1. The molecule has 0 saturated carbocycles. The van der Waals surface area contributed by atoms with Gasteiger partial charge >= 0.3 is 11.9 Å². The second kappa shape index (κ2) is 32.1. The van der Waals surface area contributed by atoms with E-state index < -0.39 is 23.9 Å². The van der Waals surface area contributed by atoms with E-state index in [1.165, 1.54) is 185 Å². The quantitative estimate of drug-likeness (QED) is 0.0649. The summed E-state index contributed by atoms with van der Waals surface area (Å²) in [5.41, 5.74) is 0.726. The third-order valence-corrected chi connectivity index (χ3v) is 12.5. The first kappa shape index (κ1) is 57.4. The Morgan fingerprint density at radius 2 is 0.531 bits per heavy atom. The Morgan fingerprint density at radius 3 is 0.672 bits per heavy atom. The number of hydrogen-bond donors (Lipinski definition) is 2. The summed E-state index contributed by atoms with van der Waals surface area (Å²) in [7, 11) is 0. The highest BCUT2D eigenvalue weighted by molar-refractivity contribution is 7.99. The van der Waals surface area contributed by atoms with Crippen molar-refractivity contribution >= 4 is 47.4 Å². The van der Waals surface area contributed by atoms with Gasteiger partial charge in [0, 0.05) is 19.6 Å². The second-order valence-corrected chi connectivity index (χ2v) is 18.3. The molecule has 0 aliphatic heterocycles. The fourth-order valence-electron chi connectivity index (χ4n) is 8.06. The molecule has 12 heteroatoms. The highest BCUT2D eigenvalue weighted by Crippen LogP contribution is 2.29. The van der Waals surface area contributed by atoms with Gasteiger partial charge in [-0.25, -0.2) is 9.59 Å². The van der Waals surface area contributed by atoms with Gasteiger partial charge in [0.2, 0.25) is 0 Å². The molecule has 352 valence electrons. The van der Waals surface area contributed by atoms with E-state index in [0.717, 1.165) is 19.6 Å². The summed E-state index contributed by atoms with van der Waals surface area (Å²) in [4.78, 5) is 46.1. The zero-order valence-corrected chi connectivity index (χ0v) is 41.2. The van der Waals surface area contributed by atoms with E-state index in [9.17, 15) is 29.4 Å². The number of carbonyl (C=O) groups is 4. The molecule has 0 aliphatic carbocycles. The van der Waals surface area contributed by atoms with Crippen molar-refractivity contribution in [2.24, 2.45) is 0 Å². The summed E-state index contributed by atoms with van der Waals surface area (Å²) in [6.07, 6.45) is 10.7. The minimum Gasteiger partial charge on any atom is -0.545 e. The van der Waals surface area contributed by atoms with Crippen LogP contribution in [0.25, 0.3) is 0 Å². The maximum Gasteiger partial charge on any atom is 0.335 e. The Hall–Kier alpha value is -4.62. The standard InChI is InChI=1S/2C14H10O4S.2C12H28N/c2*15-13(16)9-1-5-11(6-2-9)19-12-7-3-10(4-8-12)14(17)18;2*1-5-9-13(10-6-2,11-7-3)12-8-4/h2*1-8H,(H,15,16)(H,17,18);2*5-12H2,1-4H3/q;;2*+1/p-2. The van der Waals surface area contributed by atoms with Gasteiger partial charge in [-0.2, -0.15) is 0 Å². The summed E-state index contributed by atoms with van der Waals surface area (Å²) >= 11 is 2.84. The lowest BCUT2D eigenvalue weighted by atomic mass is 10.2. The molecule has 2 N–H and O–H groups in total. The predicted octanol–water partition coefficient (Wildman–Crippen LogP) is 10.7. The molecule has 0 atom stereocenters. The number of carboxylic acids is 4. The van der Waals surface area contributed by atoms with Crippen LogP contribution in [0.5, 0.6) is 0 Å². The lowest BCUT2D eigenvalue weighted by Crippen LogP contribution is -2.50. The minimum atomic E-state index is -1.21. The number of carbonyl (C=O) groups excluding carboxylic acids is 2. The summed E-state index contributed by atoms with van der Waals surface area (Å²) in [5.74, 6) is -4.34. The number of carboxylic acid groups (broad SMARTS) is 4. The first-order chi connectivity index (χ1) is 30.6. The molecular formula is C52H74N2O8S2.